The summed E-state index contributed by atoms with van der Waals surface area (Å²) in [6.45, 7) is -1.35. The average molecular weight is 765 g/mol. The molecule has 2 aromatic carbocycles. The predicted molar refractivity (Wildman–Crippen MR) is 175 cm³/mol. The van der Waals surface area contributed by atoms with Crippen molar-refractivity contribution in [1.29, 1.82) is 0 Å². The van der Waals surface area contributed by atoms with Gasteiger partial charge < -0.3 is 78.4 Å². The smallest absolute Gasteiger partial charge is 0.335 e. The number of aromatic hydroxyl groups is 2. The van der Waals surface area contributed by atoms with Crippen molar-refractivity contribution < 1.29 is 92.8 Å². The highest BCUT2D eigenvalue weighted by atomic mass is 16.8. The van der Waals surface area contributed by atoms with Crippen LogP contribution in [-0.2, 0) is 42.8 Å². The number of phenols is 2. The first kappa shape index (κ1) is 39.0. The third kappa shape index (κ3) is 6.66. The van der Waals surface area contributed by atoms with Crippen molar-refractivity contribution in [3.05, 3.63) is 46.5 Å². The van der Waals surface area contributed by atoms with Gasteiger partial charge in [-0.3, -0.25) is 9.59 Å². The van der Waals surface area contributed by atoms with Gasteiger partial charge in [0.1, 0.15) is 62.4 Å². The van der Waals surface area contributed by atoms with Gasteiger partial charge in [0.05, 0.1) is 26.9 Å². The molecule has 2 bridgehead atoms. The molecule has 19 nitrogen and oxygen atoms in total. The van der Waals surface area contributed by atoms with E-state index in [1.807, 2.05) is 0 Å². The van der Waals surface area contributed by atoms with Crippen molar-refractivity contribution in [2.75, 3.05) is 41.2 Å². The second-order valence-corrected chi connectivity index (χ2v) is 13.0. The number of ether oxygens (including phenoxy) is 9. The summed E-state index contributed by atoms with van der Waals surface area (Å²) in [4.78, 5) is 40.0. The van der Waals surface area contributed by atoms with Crippen molar-refractivity contribution in [3.8, 4) is 28.7 Å². The van der Waals surface area contributed by atoms with Crippen molar-refractivity contribution in [1.82, 2.24) is 0 Å². The Labute approximate surface area is 306 Å². The average Bonchev–Trinajstić information content (AvgIpc) is 3.40. The van der Waals surface area contributed by atoms with Gasteiger partial charge in [-0.1, -0.05) is 6.07 Å². The van der Waals surface area contributed by atoms with Crippen LogP contribution in [0.4, 0.5) is 0 Å². The molecule has 0 amide bonds. The minimum absolute atomic E-state index is 0.0156. The van der Waals surface area contributed by atoms with E-state index < -0.39 is 110 Å². The topological polar surface area (TPSA) is 276 Å². The Hall–Kier alpha value is -4.73. The molecule has 2 aromatic rings. The van der Waals surface area contributed by atoms with Gasteiger partial charge in [0.25, 0.3) is 0 Å². The lowest BCUT2D eigenvalue weighted by atomic mass is 9.70. The minimum Gasteiger partial charge on any atom is -0.504 e. The van der Waals surface area contributed by atoms with Crippen molar-refractivity contribution in [2.45, 2.75) is 67.6 Å². The van der Waals surface area contributed by atoms with E-state index in [0.29, 0.717) is 0 Å². The summed E-state index contributed by atoms with van der Waals surface area (Å²) in [5, 5.41) is 75.6. The first-order valence-electron chi connectivity index (χ1n) is 16.6. The lowest BCUT2D eigenvalue weighted by Gasteiger charge is -2.44. The van der Waals surface area contributed by atoms with E-state index in [1.54, 1.807) is 0 Å². The van der Waals surface area contributed by atoms with Crippen LogP contribution in [0.2, 0.25) is 0 Å². The maximum Gasteiger partial charge on any atom is 0.335 e. The van der Waals surface area contributed by atoms with E-state index >= 15 is 0 Å². The number of methoxy groups -OCH3 is 3. The Morgan fingerprint density at radius 1 is 0.926 bits per heavy atom. The molecule has 294 valence electrons. The molecule has 54 heavy (non-hydrogen) atoms. The number of fused-ring (bicyclic) bond motifs is 4. The highest BCUT2D eigenvalue weighted by Crippen LogP contribution is 2.54. The quantitative estimate of drug-likeness (QED) is 0.114. The second kappa shape index (κ2) is 15.2. The molecule has 11 atom stereocenters. The van der Waals surface area contributed by atoms with E-state index in [9.17, 15) is 50.1 Å². The molecule has 3 aliphatic heterocycles. The van der Waals surface area contributed by atoms with Gasteiger partial charge in [-0.2, -0.15) is 0 Å². The van der Waals surface area contributed by atoms with Gasteiger partial charge in [0, 0.05) is 18.4 Å². The van der Waals surface area contributed by atoms with Gasteiger partial charge in [0.2, 0.25) is 11.5 Å². The normalized spacial score (nSPS) is 33.3. The zero-order valence-electron chi connectivity index (χ0n) is 29.3. The van der Waals surface area contributed by atoms with Gasteiger partial charge in [-0.05, 0) is 35.4 Å². The third-order valence-electron chi connectivity index (χ3n) is 9.81. The van der Waals surface area contributed by atoms with E-state index in [2.05, 4.69) is 0 Å². The summed E-state index contributed by atoms with van der Waals surface area (Å²) >= 11 is 0. The Bertz CT molecular complexity index is 1810. The van der Waals surface area contributed by atoms with E-state index in [0.717, 1.165) is 6.92 Å². The summed E-state index contributed by atoms with van der Waals surface area (Å²) in [6.07, 6.45) is -13.1. The number of aliphatic hydroxyl groups is 5. The van der Waals surface area contributed by atoms with Crippen molar-refractivity contribution >= 4 is 24.0 Å². The van der Waals surface area contributed by atoms with Crippen LogP contribution >= 0.6 is 0 Å². The predicted octanol–water partition coefficient (Wildman–Crippen LogP) is -1.43. The number of hydrogen-bond donors (Lipinski definition) is 7. The lowest BCUT2D eigenvalue weighted by molar-refractivity contribution is -0.383. The summed E-state index contributed by atoms with van der Waals surface area (Å²) < 4.78 is 50.0. The fourth-order valence-electron chi connectivity index (χ4n) is 7.15. The number of esters is 3. The summed E-state index contributed by atoms with van der Waals surface area (Å²) in [5.74, 6) is -9.35. The molecule has 6 rings (SSSR count). The van der Waals surface area contributed by atoms with Gasteiger partial charge in [-0.25, -0.2) is 4.79 Å². The number of carbonyl (C=O) groups excluding carboxylic acids is 3. The molecular formula is C35H40O19. The van der Waals surface area contributed by atoms with Crippen LogP contribution in [-0.4, -0.2) is 150 Å². The number of hydrogen-bond acceptors (Lipinski definition) is 19. The van der Waals surface area contributed by atoms with Crippen LogP contribution in [0, 0.1) is 5.92 Å². The fraction of sp³-hybridized carbons (Fsp3) is 0.514. The van der Waals surface area contributed by atoms with Crippen LogP contribution in [0.15, 0.2) is 29.8 Å². The fourth-order valence-corrected chi connectivity index (χ4v) is 7.15. The zero-order valence-corrected chi connectivity index (χ0v) is 29.3. The number of benzene rings is 2. The summed E-state index contributed by atoms with van der Waals surface area (Å²) in [6, 6.07) is 5.52. The first-order valence-corrected chi connectivity index (χ1v) is 16.6. The van der Waals surface area contributed by atoms with Gasteiger partial charge in [0.15, 0.2) is 35.4 Å². The van der Waals surface area contributed by atoms with Crippen LogP contribution in [0.25, 0.3) is 6.08 Å². The molecule has 7 N–H and O–H groups in total. The maximum absolute atomic E-state index is 14.6. The number of carbonyl (C=O) groups is 3. The number of cyclic esters (lactones) is 1. The number of rotatable bonds is 9. The largest absolute Gasteiger partial charge is 0.504 e. The molecule has 19 heteroatoms. The molecule has 0 aromatic heterocycles. The maximum atomic E-state index is 14.6. The molecule has 3 saturated heterocycles. The first-order chi connectivity index (χ1) is 25.7. The standard InChI is InChI=1S/C35H40O19/c1-13(37)49-10-20-25(39)28(42)29(43)34(51-20)54-35(12-36)31-27(41)21(53-35)11-50-32(44)16-7-15-9-19(47-3)26(40)30(48-4)23(15)22(24(16)33(45)52-31)14-5-6-17(38)18(8-14)46-2/h5-9,20-22,24-25,27-29,31,34,36,38-43H,10-12H2,1-4H3. The van der Waals surface area contributed by atoms with E-state index in [4.69, 9.17) is 42.6 Å². The minimum atomic E-state index is -2.56. The summed E-state index contributed by atoms with van der Waals surface area (Å²) in [5.41, 5.74) is 0.450. The molecule has 3 heterocycles. The number of phenolic OH excluding ortho intramolecular Hbond substituents is 2. The Morgan fingerprint density at radius 2 is 1.65 bits per heavy atom. The molecule has 4 aliphatic rings. The van der Waals surface area contributed by atoms with E-state index in [-0.39, 0.29) is 45.3 Å². The Balaban J connectivity index is 1.45. The van der Waals surface area contributed by atoms with Gasteiger partial charge in [-0.15, -0.1) is 0 Å². The Morgan fingerprint density at radius 3 is 2.30 bits per heavy atom. The second-order valence-electron chi connectivity index (χ2n) is 13.0. The third-order valence-corrected chi connectivity index (χ3v) is 9.81. The van der Waals surface area contributed by atoms with Crippen molar-refractivity contribution in [2.24, 2.45) is 5.92 Å². The molecule has 3 fully saturated rings. The highest BCUT2D eigenvalue weighted by Gasteiger charge is 2.62. The monoisotopic (exact) mass is 764 g/mol. The highest BCUT2D eigenvalue weighted by molar-refractivity contribution is 6.02. The Kier molecular flexibility index (Phi) is 11.0. The van der Waals surface area contributed by atoms with E-state index in [1.165, 1.54) is 51.7 Å². The zero-order chi connectivity index (χ0) is 39.2. The molecule has 0 radical (unpaired) electrons. The van der Waals surface area contributed by atoms with Crippen LogP contribution in [0.1, 0.15) is 29.5 Å². The lowest BCUT2D eigenvalue weighted by Crippen LogP contribution is -2.63. The molecular weight excluding hydrogens is 724 g/mol. The van der Waals surface area contributed by atoms with Gasteiger partial charge >= 0.3 is 17.9 Å². The van der Waals surface area contributed by atoms with Crippen LogP contribution in [0.5, 0.6) is 28.7 Å². The summed E-state index contributed by atoms with van der Waals surface area (Å²) in [7, 11) is 3.85. The number of aliphatic hydroxyl groups excluding tert-OH is 5. The molecule has 0 spiro atoms. The van der Waals surface area contributed by atoms with Crippen LogP contribution < -0.4 is 14.2 Å². The SMILES string of the molecule is COc1cc(C2c3c(cc(OC)c(O)c3OC)C=C3C(=O)OCC4OC(CO)(OC5OC(COC(C)=O)C(O)C(O)C5O)C(OC(=O)C32)C4O)ccc1O. The molecule has 1 aliphatic carbocycles. The van der Waals surface area contributed by atoms with Crippen LogP contribution in [0.3, 0.4) is 0 Å². The molecule has 11 unspecified atom stereocenters. The molecule has 0 saturated carbocycles. The van der Waals surface area contributed by atoms with Crippen molar-refractivity contribution in [3.63, 3.8) is 0 Å².